The molecule has 1 spiro atoms. The fourth-order valence-electron chi connectivity index (χ4n) is 9.37. The van der Waals surface area contributed by atoms with Crippen LogP contribution in [0.5, 0.6) is 0 Å². The van der Waals surface area contributed by atoms with Gasteiger partial charge in [-0.25, -0.2) is 4.79 Å². The maximum absolute atomic E-state index is 12.3. The monoisotopic (exact) mass is 447 g/mol. The molecule has 2 aliphatic heterocycles. The summed E-state index contributed by atoms with van der Waals surface area (Å²) in [6.07, 6.45) is 12.9. The van der Waals surface area contributed by atoms with E-state index in [0.29, 0.717) is 30.5 Å². The Bertz CT molecular complexity index is 769. The molecule has 6 rings (SSSR count). The van der Waals surface area contributed by atoms with Crippen molar-refractivity contribution < 1.29 is 24.1 Å². The SMILES string of the molecule is C[C@]12CC[C@H](OC3CCCCO3)C[C@H]1CC[C@@H]1[C@@H]2CC[C@]2(C)[C@]3(CC[C@]12O)COC(=O)N3. The lowest BCUT2D eigenvalue weighted by Gasteiger charge is -2.64. The minimum Gasteiger partial charge on any atom is -0.447 e. The summed E-state index contributed by atoms with van der Waals surface area (Å²) in [5, 5.41) is 15.5. The third kappa shape index (κ3) is 2.84. The first-order chi connectivity index (χ1) is 15.3. The lowest BCUT2D eigenvalue weighted by Crippen LogP contribution is -2.67. The van der Waals surface area contributed by atoms with Crippen LogP contribution in [0.4, 0.5) is 4.79 Å². The van der Waals surface area contributed by atoms with Gasteiger partial charge in [-0.1, -0.05) is 13.8 Å². The Labute approximate surface area is 192 Å². The van der Waals surface area contributed by atoms with Crippen LogP contribution in [-0.4, -0.2) is 47.9 Å². The normalized spacial score (nSPS) is 55.0. The summed E-state index contributed by atoms with van der Waals surface area (Å²) in [7, 11) is 0. The molecular formula is C26H41NO5. The molecule has 180 valence electrons. The molecule has 6 fully saturated rings. The summed E-state index contributed by atoms with van der Waals surface area (Å²) in [6, 6.07) is 0. The zero-order valence-electron chi connectivity index (χ0n) is 19.9. The van der Waals surface area contributed by atoms with Gasteiger partial charge in [0, 0.05) is 12.0 Å². The Morgan fingerprint density at radius 2 is 1.88 bits per heavy atom. The highest BCUT2D eigenvalue weighted by molar-refractivity contribution is 5.71. The second-order valence-corrected chi connectivity index (χ2v) is 12.4. The molecule has 1 unspecified atom stereocenters. The first kappa shape index (κ1) is 21.7. The summed E-state index contributed by atoms with van der Waals surface area (Å²) in [5.41, 5.74) is -1.14. The molecule has 0 aromatic rings. The van der Waals surface area contributed by atoms with Crippen LogP contribution in [-0.2, 0) is 14.2 Å². The maximum atomic E-state index is 12.3. The molecule has 2 heterocycles. The third-order valence-electron chi connectivity index (χ3n) is 11.4. The van der Waals surface area contributed by atoms with Crippen molar-refractivity contribution >= 4 is 6.09 Å². The molecule has 6 nitrogen and oxygen atoms in total. The fraction of sp³-hybridized carbons (Fsp3) is 0.962. The number of carbonyl (C=O) groups is 1. The second-order valence-electron chi connectivity index (χ2n) is 12.4. The van der Waals surface area contributed by atoms with Gasteiger partial charge < -0.3 is 24.6 Å². The number of aliphatic hydroxyl groups is 1. The van der Waals surface area contributed by atoms with Crippen molar-refractivity contribution in [3.63, 3.8) is 0 Å². The van der Waals surface area contributed by atoms with E-state index >= 15 is 0 Å². The molecule has 4 saturated carbocycles. The third-order valence-corrected chi connectivity index (χ3v) is 11.4. The van der Waals surface area contributed by atoms with E-state index < -0.39 is 11.1 Å². The summed E-state index contributed by atoms with van der Waals surface area (Å²) >= 11 is 0. The molecule has 1 amide bonds. The average molecular weight is 448 g/mol. The van der Waals surface area contributed by atoms with Crippen LogP contribution in [0, 0.1) is 28.6 Å². The number of cyclic esters (lactones) is 1. The summed E-state index contributed by atoms with van der Waals surface area (Å²) in [5.74, 6) is 1.54. The molecule has 0 aromatic carbocycles. The predicted octanol–water partition coefficient (Wildman–Crippen LogP) is 4.53. The topological polar surface area (TPSA) is 77.0 Å². The zero-order valence-corrected chi connectivity index (χ0v) is 19.9. The highest BCUT2D eigenvalue weighted by atomic mass is 16.7. The largest absolute Gasteiger partial charge is 0.447 e. The number of carbonyl (C=O) groups excluding carboxylic acids is 1. The molecule has 6 heteroatoms. The number of nitrogens with one attached hydrogen (secondary N) is 1. The van der Waals surface area contributed by atoms with Crippen molar-refractivity contribution in [2.75, 3.05) is 13.2 Å². The fourth-order valence-corrected chi connectivity index (χ4v) is 9.37. The van der Waals surface area contributed by atoms with Crippen molar-refractivity contribution in [3.8, 4) is 0 Å². The second kappa shape index (κ2) is 7.32. The van der Waals surface area contributed by atoms with E-state index in [1.54, 1.807) is 0 Å². The molecular weight excluding hydrogens is 406 g/mol. The van der Waals surface area contributed by atoms with Gasteiger partial charge in [-0.2, -0.15) is 0 Å². The molecule has 0 radical (unpaired) electrons. The Balaban J connectivity index is 1.20. The van der Waals surface area contributed by atoms with E-state index in [4.69, 9.17) is 14.2 Å². The number of amides is 1. The molecule has 32 heavy (non-hydrogen) atoms. The van der Waals surface area contributed by atoms with Gasteiger partial charge in [0.25, 0.3) is 0 Å². The van der Waals surface area contributed by atoms with E-state index in [9.17, 15) is 9.90 Å². The molecule has 2 N–H and O–H groups in total. The van der Waals surface area contributed by atoms with E-state index in [1.165, 1.54) is 19.3 Å². The maximum Gasteiger partial charge on any atom is 0.407 e. The van der Waals surface area contributed by atoms with Crippen molar-refractivity contribution in [2.45, 2.75) is 114 Å². The van der Waals surface area contributed by atoms with Crippen molar-refractivity contribution in [1.29, 1.82) is 0 Å². The van der Waals surface area contributed by atoms with Gasteiger partial charge in [0.1, 0.15) is 6.61 Å². The lowest BCUT2D eigenvalue weighted by molar-refractivity contribution is -0.232. The van der Waals surface area contributed by atoms with Crippen molar-refractivity contribution in [1.82, 2.24) is 5.32 Å². The molecule has 0 bridgehead atoms. The smallest absolute Gasteiger partial charge is 0.407 e. The van der Waals surface area contributed by atoms with E-state index in [0.717, 1.165) is 64.4 Å². The van der Waals surface area contributed by atoms with Gasteiger partial charge in [0.05, 0.1) is 17.2 Å². The Kier molecular flexibility index (Phi) is 4.96. The highest BCUT2D eigenvalue weighted by Gasteiger charge is 2.73. The Hall–Kier alpha value is -0.850. The van der Waals surface area contributed by atoms with Crippen LogP contribution in [0.3, 0.4) is 0 Å². The van der Waals surface area contributed by atoms with Gasteiger partial charge in [-0.3, -0.25) is 0 Å². The van der Waals surface area contributed by atoms with Crippen LogP contribution in [0.1, 0.15) is 90.9 Å². The molecule has 0 aromatic heterocycles. The lowest BCUT2D eigenvalue weighted by atomic mass is 9.43. The number of hydrogen-bond acceptors (Lipinski definition) is 5. The van der Waals surface area contributed by atoms with Crippen LogP contribution in [0.15, 0.2) is 0 Å². The van der Waals surface area contributed by atoms with Crippen LogP contribution in [0.25, 0.3) is 0 Å². The number of rotatable bonds is 2. The van der Waals surface area contributed by atoms with Gasteiger partial charge in [-0.05, 0) is 100 Å². The number of hydrogen-bond donors (Lipinski definition) is 2. The zero-order chi connectivity index (χ0) is 22.2. The van der Waals surface area contributed by atoms with Crippen LogP contribution in [0.2, 0.25) is 0 Å². The van der Waals surface area contributed by atoms with E-state index in [-0.39, 0.29) is 23.2 Å². The van der Waals surface area contributed by atoms with E-state index in [2.05, 4.69) is 19.2 Å². The van der Waals surface area contributed by atoms with Crippen LogP contribution < -0.4 is 5.32 Å². The molecule has 4 aliphatic carbocycles. The summed E-state index contributed by atoms with van der Waals surface area (Å²) < 4.78 is 17.7. The summed E-state index contributed by atoms with van der Waals surface area (Å²) in [4.78, 5) is 12.0. The first-order valence-electron chi connectivity index (χ1n) is 13.2. The number of ether oxygens (including phenoxy) is 3. The highest BCUT2D eigenvalue weighted by Crippen LogP contribution is 2.70. The first-order valence-corrected chi connectivity index (χ1v) is 13.2. The van der Waals surface area contributed by atoms with Crippen molar-refractivity contribution in [3.05, 3.63) is 0 Å². The minimum absolute atomic E-state index is 0.00376. The van der Waals surface area contributed by atoms with Gasteiger partial charge in [0.15, 0.2) is 6.29 Å². The summed E-state index contributed by atoms with van der Waals surface area (Å²) in [6.45, 7) is 5.99. The average Bonchev–Trinajstić information content (AvgIpc) is 3.28. The van der Waals surface area contributed by atoms with Crippen molar-refractivity contribution in [2.24, 2.45) is 28.6 Å². The van der Waals surface area contributed by atoms with Crippen LogP contribution >= 0.6 is 0 Å². The molecule has 9 atom stereocenters. The van der Waals surface area contributed by atoms with Gasteiger partial charge in [-0.15, -0.1) is 0 Å². The minimum atomic E-state index is -0.714. The number of fused-ring (bicyclic) bond motifs is 6. The molecule has 6 aliphatic rings. The predicted molar refractivity (Wildman–Crippen MR) is 119 cm³/mol. The number of alkyl carbamates (subject to hydrolysis) is 1. The van der Waals surface area contributed by atoms with Gasteiger partial charge >= 0.3 is 6.09 Å². The quantitative estimate of drug-likeness (QED) is 0.608. The Morgan fingerprint density at radius 3 is 2.62 bits per heavy atom. The standard InChI is InChI=1S/C26H41NO5/c1-23-10-8-18(32-21-5-3-4-14-30-21)15-17(23)6-7-20-19(23)9-11-24(2)25(12-13-26(20,24)29)16-31-22(28)27-25/h17-21,29H,3-16H2,1-2H3,(H,27,28)/t17-,18+,19+,20-,21?,23+,24-,25+,26+/m1/s1. The van der Waals surface area contributed by atoms with E-state index in [1.807, 2.05) is 0 Å². The Morgan fingerprint density at radius 1 is 1.00 bits per heavy atom. The van der Waals surface area contributed by atoms with Gasteiger partial charge in [0.2, 0.25) is 0 Å². The molecule has 2 saturated heterocycles.